The molecule has 7 unspecified atom stereocenters. The highest BCUT2D eigenvalue weighted by molar-refractivity contribution is 5.76. The van der Waals surface area contributed by atoms with Gasteiger partial charge in [-0.25, -0.2) is 0 Å². The van der Waals surface area contributed by atoms with E-state index >= 15 is 0 Å². The zero-order valence-electron chi connectivity index (χ0n) is 50.3. The summed E-state index contributed by atoms with van der Waals surface area (Å²) < 4.78 is 11.3. The van der Waals surface area contributed by atoms with Crippen molar-refractivity contribution in [3.63, 3.8) is 0 Å². The Bertz CT molecular complexity index is 1660. The molecule has 452 valence electrons. The summed E-state index contributed by atoms with van der Waals surface area (Å²) in [6.07, 6.45) is 80.0. The summed E-state index contributed by atoms with van der Waals surface area (Å²) >= 11 is 0. The molecule has 7 atom stereocenters. The molecule has 0 saturated carbocycles. The lowest BCUT2D eigenvalue weighted by Gasteiger charge is -2.40. The molecule has 9 heteroatoms. The molecule has 79 heavy (non-hydrogen) atoms. The van der Waals surface area contributed by atoms with Gasteiger partial charge in [0.1, 0.15) is 24.4 Å². The number of aliphatic hydroxyl groups excluding tert-OH is 5. The number of hydrogen-bond acceptors (Lipinski definition) is 8. The zero-order valence-corrected chi connectivity index (χ0v) is 50.3. The number of rotatable bonds is 54. The maximum Gasteiger partial charge on any atom is 0.220 e. The van der Waals surface area contributed by atoms with Crippen molar-refractivity contribution in [2.75, 3.05) is 13.2 Å². The number of nitrogens with one attached hydrogen (secondary N) is 1. The molecule has 1 rings (SSSR count). The van der Waals surface area contributed by atoms with Crippen LogP contribution >= 0.6 is 0 Å². The van der Waals surface area contributed by atoms with Crippen LogP contribution in [-0.2, 0) is 14.3 Å². The Morgan fingerprint density at radius 1 is 0.443 bits per heavy atom. The minimum Gasteiger partial charge on any atom is -0.394 e. The van der Waals surface area contributed by atoms with E-state index in [1.165, 1.54) is 141 Å². The molecule has 1 heterocycles. The number of ether oxygens (including phenoxy) is 2. The highest BCUT2D eigenvalue weighted by Gasteiger charge is 2.44. The van der Waals surface area contributed by atoms with Crippen molar-refractivity contribution in [1.82, 2.24) is 5.32 Å². The Morgan fingerprint density at radius 2 is 0.797 bits per heavy atom. The maximum atomic E-state index is 13.1. The van der Waals surface area contributed by atoms with E-state index in [1.807, 2.05) is 6.08 Å². The van der Waals surface area contributed by atoms with E-state index < -0.39 is 49.5 Å². The minimum atomic E-state index is -1.58. The fourth-order valence-corrected chi connectivity index (χ4v) is 9.46. The molecular formula is C70H119NO8. The maximum absolute atomic E-state index is 13.1. The molecule has 9 nitrogen and oxygen atoms in total. The summed E-state index contributed by atoms with van der Waals surface area (Å²) in [5.41, 5.74) is 0. The first kappa shape index (κ1) is 73.6. The highest BCUT2D eigenvalue weighted by atomic mass is 16.7. The van der Waals surface area contributed by atoms with Crippen LogP contribution in [0.2, 0.25) is 0 Å². The first-order valence-corrected chi connectivity index (χ1v) is 32.3. The molecule has 0 spiro atoms. The van der Waals surface area contributed by atoms with Crippen molar-refractivity contribution in [3.8, 4) is 0 Å². The third-order valence-electron chi connectivity index (χ3n) is 14.5. The lowest BCUT2D eigenvalue weighted by Crippen LogP contribution is -2.60. The van der Waals surface area contributed by atoms with Crippen LogP contribution in [0.5, 0.6) is 0 Å². The highest BCUT2D eigenvalue weighted by Crippen LogP contribution is 2.23. The van der Waals surface area contributed by atoms with Gasteiger partial charge in [0.2, 0.25) is 5.91 Å². The van der Waals surface area contributed by atoms with Gasteiger partial charge in [0, 0.05) is 6.42 Å². The van der Waals surface area contributed by atoms with Gasteiger partial charge in [-0.1, -0.05) is 270 Å². The molecule has 1 aliphatic heterocycles. The van der Waals surface area contributed by atoms with Gasteiger partial charge in [0.15, 0.2) is 6.29 Å². The summed E-state index contributed by atoms with van der Waals surface area (Å²) in [5, 5.41) is 54.6. The van der Waals surface area contributed by atoms with Gasteiger partial charge in [0.05, 0.1) is 25.4 Å². The second-order valence-electron chi connectivity index (χ2n) is 21.8. The first-order valence-electron chi connectivity index (χ1n) is 32.3. The van der Waals surface area contributed by atoms with E-state index in [4.69, 9.17) is 9.47 Å². The van der Waals surface area contributed by atoms with Crippen LogP contribution in [0.4, 0.5) is 0 Å². The van der Waals surface area contributed by atoms with Crippen LogP contribution in [0.3, 0.4) is 0 Å². The summed E-state index contributed by atoms with van der Waals surface area (Å²) in [4.78, 5) is 13.1. The predicted octanol–water partition coefficient (Wildman–Crippen LogP) is 17.1. The lowest BCUT2D eigenvalue weighted by atomic mass is 9.99. The van der Waals surface area contributed by atoms with Crippen LogP contribution in [0.15, 0.2) is 122 Å². The van der Waals surface area contributed by atoms with E-state index in [0.29, 0.717) is 6.42 Å². The van der Waals surface area contributed by atoms with Gasteiger partial charge in [-0.2, -0.15) is 0 Å². The standard InChI is InChI=1S/C70H119NO8/c1-3-5-7-9-11-13-15-17-19-21-23-24-25-26-27-28-29-30-31-32-33-34-35-36-37-38-39-40-42-44-46-48-50-52-54-56-58-60-66(74)71-63(62-78-70-69(77)68(76)67(75)65(61-72)79-70)64(73)59-57-55-53-51-49-47-45-43-41-22-20-18-16-14-12-10-8-6-4-2/h5,7,11,13,17,19,23-24,26-27,29-30,32-33,41,43,49,51,57,59,63-65,67-70,72-73,75-77H,3-4,6,8-10,12,14-16,18,20-22,25,28,31,34-40,42,44-48,50,52-56,58,60-62H2,1-2H3,(H,71,74)/b7-5-,13-11-,19-17-,24-23-,27-26-,30-29-,33-32-,43-41+,51-49+,59-57+. The van der Waals surface area contributed by atoms with E-state index in [9.17, 15) is 30.3 Å². The number of amides is 1. The van der Waals surface area contributed by atoms with Crippen LogP contribution < -0.4 is 5.32 Å². The molecule has 1 saturated heterocycles. The summed E-state index contributed by atoms with van der Waals surface area (Å²) in [5.74, 6) is -0.194. The Labute approximate surface area is 484 Å². The molecule has 1 aliphatic rings. The monoisotopic (exact) mass is 1100 g/mol. The smallest absolute Gasteiger partial charge is 0.220 e. The number of carbonyl (C=O) groups excluding carboxylic acids is 1. The van der Waals surface area contributed by atoms with Crippen molar-refractivity contribution < 1.29 is 39.8 Å². The summed E-state index contributed by atoms with van der Waals surface area (Å²) in [6.45, 7) is 3.64. The van der Waals surface area contributed by atoms with Crippen LogP contribution in [-0.4, -0.2) is 87.5 Å². The second kappa shape index (κ2) is 57.8. The molecule has 0 aliphatic carbocycles. The lowest BCUT2D eigenvalue weighted by molar-refractivity contribution is -0.302. The Balaban J connectivity index is 2.16. The topological polar surface area (TPSA) is 149 Å². The number of unbranched alkanes of at least 4 members (excludes halogenated alkanes) is 26. The van der Waals surface area contributed by atoms with Gasteiger partial charge < -0.3 is 40.3 Å². The number of hydrogen-bond donors (Lipinski definition) is 6. The molecule has 0 aromatic heterocycles. The summed E-state index contributed by atoms with van der Waals surface area (Å²) in [7, 11) is 0. The van der Waals surface area contributed by atoms with Crippen LogP contribution in [0, 0.1) is 0 Å². The Hall–Kier alpha value is -3.41. The van der Waals surface area contributed by atoms with Gasteiger partial charge >= 0.3 is 0 Å². The van der Waals surface area contributed by atoms with Gasteiger partial charge in [-0.05, 0) is 103 Å². The largest absolute Gasteiger partial charge is 0.394 e. The number of aliphatic hydroxyl groups is 5. The van der Waals surface area contributed by atoms with Crippen molar-refractivity contribution >= 4 is 5.91 Å². The molecule has 6 N–H and O–H groups in total. The SMILES string of the molecule is CC/C=C\C/C=C\C/C=C\C/C=C\C/C=C\C/C=C\C/C=C\CCCCCCCCCCCCCCCCCC(=O)NC(COC1OC(CO)C(O)C(O)C1O)C(O)/C=C/CC/C=C/CC/C=C/CCCCCCCCCCC. The molecular weight excluding hydrogens is 983 g/mol. The van der Waals surface area contributed by atoms with Crippen molar-refractivity contribution in [2.24, 2.45) is 0 Å². The molecule has 0 aromatic carbocycles. The molecule has 0 bridgehead atoms. The average Bonchev–Trinajstić information content (AvgIpc) is 3.46. The van der Waals surface area contributed by atoms with Crippen LogP contribution in [0.1, 0.15) is 258 Å². The normalized spacial score (nSPS) is 19.4. The van der Waals surface area contributed by atoms with E-state index in [1.54, 1.807) is 6.08 Å². The first-order chi connectivity index (χ1) is 38.8. The van der Waals surface area contributed by atoms with Gasteiger partial charge in [0.25, 0.3) is 0 Å². The minimum absolute atomic E-state index is 0.194. The molecule has 1 fully saturated rings. The van der Waals surface area contributed by atoms with Gasteiger partial charge in [-0.15, -0.1) is 0 Å². The number of carbonyl (C=O) groups is 1. The summed E-state index contributed by atoms with van der Waals surface area (Å²) in [6, 6.07) is -0.836. The van der Waals surface area contributed by atoms with E-state index in [-0.39, 0.29) is 12.5 Å². The van der Waals surface area contributed by atoms with Crippen LogP contribution in [0.25, 0.3) is 0 Å². The van der Waals surface area contributed by atoms with E-state index in [0.717, 1.165) is 96.3 Å². The molecule has 1 amide bonds. The third-order valence-corrected chi connectivity index (χ3v) is 14.5. The fourth-order valence-electron chi connectivity index (χ4n) is 9.46. The van der Waals surface area contributed by atoms with E-state index in [2.05, 4.69) is 129 Å². The van der Waals surface area contributed by atoms with Crippen molar-refractivity contribution in [1.29, 1.82) is 0 Å². The quantitative estimate of drug-likeness (QED) is 0.0261. The molecule has 0 radical (unpaired) electrons. The fraction of sp³-hybridized carbons (Fsp3) is 0.700. The van der Waals surface area contributed by atoms with Crippen molar-refractivity contribution in [2.45, 2.75) is 301 Å². The molecule has 0 aromatic rings. The Kier molecular flexibility index (Phi) is 53.9. The predicted molar refractivity (Wildman–Crippen MR) is 336 cm³/mol. The zero-order chi connectivity index (χ0) is 57.2. The van der Waals surface area contributed by atoms with Gasteiger partial charge in [-0.3, -0.25) is 4.79 Å². The second-order valence-corrected chi connectivity index (χ2v) is 21.8. The van der Waals surface area contributed by atoms with Crippen molar-refractivity contribution in [3.05, 3.63) is 122 Å². The third kappa shape index (κ3) is 46.9. The number of allylic oxidation sites excluding steroid dienone is 19. The average molecular weight is 1100 g/mol. The Morgan fingerprint density at radius 3 is 1.22 bits per heavy atom.